The van der Waals surface area contributed by atoms with Gasteiger partial charge in [-0.2, -0.15) is 10.4 Å². The highest BCUT2D eigenvalue weighted by atomic mass is 35.5. The average Bonchev–Trinajstić information content (AvgIpc) is 3.13. The Hall–Kier alpha value is -3.02. The predicted octanol–water partition coefficient (Wildman–Crippen LogP) is 2.98. The summed E-state index contributed by atoms with van der Waals surface area (Å²) in [6.07, 6.45) is 1.56. The van der Waals surface area contributed by atoms with E-state index in [2.05, 4.69) is 15.0 Å². The lowest BCUT2D eigenvalue weighted by Crippen LogP contribution is -2.51. The summed E-state index contributed by atoms with van der Waals surface area (Å²) in [5.41, 5.74) is 2.72. The second-order valence-corrected chi connectivity index (χ2v) is 8.83. The van der Waals surface area contributed by atoms with Gasteiger partial charge in [0, 0.05) is 49.7 Å². The van der Waals surface area contributed by atoms with Crippen LogP contribution < -0.4 is 9.64 Å². The van der Waals surface area contributed by atoms with Crippen molar-refractivity contribution in [3.63, 3.8) is 0 Å². The zero-order valence-corrected chi connectivity index (χ0v) is 19.9. The Morgan fingerprint density at radius 2 is 2.00 bits per heavy atom. The third-order valence-electron chi connectivity index (χ3n) is 5.99. The first kappa shape index (κ1) is 23.1. The minimum absolute atomic E-state index is 0.0106. The Kier molecular flexibility index (Phi) is 6.91. The number of amides is 1. The summed E-state index contributed by atoms with van der Waals surface area (Å²) in [7, 11) is 1.59. The SMILES string of the molecule is COc1cc(N2CCN(C(=O)CN3N=C(c4ccnc(C#N)c4)C(Cl)C3C)CC2)ccc1Cl. The lowest BCUT2D eigenvalue weighted by atomic mass is 10.0. The summed E-state index contributed by atoms with van der Waals surface area (Å²) in [6, 6.07) is 11.0. The van der Waals surface area contributed by atoms with E-state index >= 15 is 0 Å². The number of piperazine rings is 1. The van der Waals surface area contributed by atoms with Crippen LogP contribution in [0, 0.1) is 11.3 Å². The van der Waals surface area contributed by atoms with Gasteiger partial charge < -0.3 is 14.5 Å². The van der Waals surface area contributed by atoms with Gasteiger partial charge in [-0.15, -0.1) is 11.6 Å². The molecule has 2 aromatic rings. The zero-order chi connectivity index (χ0) is 23.5. The largest absolute Gasteiger partial charge is 0.495 e. The molecular weight excluding hydrogens is 463 g/mol. The zero-order valence-electron chi connectivity index (χ0n) is 18.4. The van der Waals surface area contributed by atoms with Crippen LogP contribution in [-0.4, -0.2) is 77.8 Å². The van der Waals surface area contributed by atoms with E-state index in [0.29, 0.717) is 48.4 Å². The number of methoxy groups -OCH3 is 1. The van der Waals surface area contributed by atoms with Gasteiger partial charge in [0.05, 0.1) is 29.3 Å². The van der Waals surface area contributed by atoms with Gasteiger partial charge in [0.1, 0.15) is 24.1 Å². The smallest absolute Gasteiger partial charge is 0.243 e. The van der Waals surface area contributed by atoms with Gasteiger partial charge in [-0.1, -0.05) is 11.6 Å². The van der Waals surface area contributed by atoms with Gasteiger partial charge >= 0.3 is 0 Å². The van der Waals surface area contributed by atoms with Gasteiger partial charge in [0.2, 0.25) is 5.91 Å². The summed E-state index contributed by atoms with van der Waals surface area (Å²) in [6.45, 7) is 4.75. The molecule has 1 amide bonds. The second kappa shape index (κ2) is 9.86. The molecule has 0 spiro atoms. The van der Waals surface area contributed by atoms with Crippen LogP contribution >= 0.6 is 23.2 Å². The second-order valence-electron chi connectivity index (χ2n) is 7.95. The summed E-state index contributed by atoms with van der Waals surface area (Å²) in [4.78, 5) is 21.1. The molecule has 0 aliphatic carbocycles. The van der Waals surface area contributed by atoms with E-state index in [1.54, 1.807) is 30.4 Å². The van der Waals surface area contributed by atoms with Crippen LogP contribution in [0.5, 0.6) is 5.75 Å². The average molecular weight is 487 g/mol. The molecule has 1 saturated heterocycles. The topological polar surface area (TPSA) is 85.1 Å². The lowest BCUT2D eigenvalue weighted by molar-refractivity contribution is -0.133. The van der Waals surface area contributed by atoms with Crippen LogP contribution in [0.1, 0.15) is 18.2 Å². The fourth-order valence-electron chi connectivity index (χ4n) is 4.01. The van der Waals surface area contributed by atoms with E-state index in [4.69, 9.17) is 33.2 Å². The molecule has 2 atom stereocenters. The number of hydrogen-bond donors (Lipinski definition) is 0. The first-order chi connectivity index (χ1) is 15.9. The molecule has 3 heterocycles. The van der Waals surface area contributed by atoms with E-state index in [-0.39, 0.29) is 23.9 Å². The number of hydrogen-bond acceptors (Lipinski definition) is 7. The number of nitrogens with zero attached hydrogens (tertiary/aromatic N) is 6. The number of hydrazone groups is 1. The van der Waals surface area contributed by atoms with Crippen molar-refractivity contribution in [2.24, 2.45) is 5.10 Å². The summed E-state index contributed by atoms with van der Waals surface area (Å²) in [5, 5.41) is 15.6. The van der Waals surface area contributed by atoms with E-state index in [9.17, 15) is 4.79 Å². The Balaban J connectivity index is 1.38. The maximum absolute atomic E-state index is 13.0. The van der Waals surface area contributed by atoms with Crippen molar-refractivity contribution in [2.75, 3.05) is 44.7 Å². The van der Waals surface area contributed by atoms with Gasteiger partial charge in [0.15, 0.2) is 0 Å². The third kappa shape index (κ3) is 4.85. The number of nitriles is 1. The number of anilines is 1. The Labute approximate surface area is 202 Å². The highest BCUT2D eigenvalue weighted by Crippen LogP contribution is 2.30. The molecule has 1 fully saturated rings. The summed E-state index contributed by atoms with van der Waals surface area (Å²) < 4.78 is 5.31. The normalized spacial score (nSPS) is 20.5. The molecule has 0 N–H and O–H groups in total. The van der Waals surface area contributed by atoms with Crippen molar-refractivity contribution in [1.29, 1.82) is 5.26 Å². The van der Waals surface area contributed by atoms with Crippen molar-refractivity contribution in [1.82, 2.24) is 14.9 Å². The molecule has 33 heavy (non-hydrogen) atoms. The highest BCUT2D eigenvalue weighted by molar-refractivity contribution is 6.36. The highest BCUT2D eigenvalue weighted by Gasteiger charge is 2.35. The van der Waals surface area contributed by atoms with Gasteiger partial charge in [-0.05, 0) is 31.2 Å². The number of rotatable bonds is 5. The van der Waals surface area contributed by atoms with Crippen LogP contribution in [0.3, 0.4) is 0 Å². The molecule has 4 rings (SSSR count). The molecule has 8 nitrogen and oxygen atoms in total. The minimum Gasteiger partial charge on any atom is -0.495 e. The Morgan fingerprint density at radius 3 is 2.70 bits per heavy atom. The first-order valence-corrected chi connectivity index (χ1v) is 11.4. The van der Waals surface area contributed by atoms with Gasteiger partial charge in [-0.25, -0.2) is 4.98 Å². The fourth-order valence-corrected chi connectivity index (χ4v) is 4.50. The monoisotopic (exact) mass is 486 g/mol. The van der Waals surface area contributed by atoms with Crippen molar-refractivity contribution in [2.45, 2.75) is 18.3 Å². The van der Waals surface area contributed by atoms with Gasteiger partial charge in [-0.3, -0.25) is 9.80 Å². The van der Waals surface area contributed by atoms with Crippen LogP contribution in [0.15, 0.2) is 41.6 Å². The number of carbonyl (C=O) groups excluding carboxylic acids is 1. The molecule has 0 saturated carbocycles. The third-order valence-corrected chi connectivity index (χ3v) is 6.87. The molecule has 2 aliphatic rings. The molecule has 10 heteroatoms. The van der Waals surface area contributed by atoms with Crippen LogP contribution in [-0.2, 0) is 4.79 Å². The van der Waals surface area contributed by atoms with E-state index in [0.717, 1.165) is 11.3 Å². The van der Waals surface area contributed by atoms with Crippen molar-refractivity contribution >= 4 is 40.5 Å². The number of carbonyl (C=O) groups is 1. The number of pyridine rings is 1. The molecule has 1 aromatic carbocycles. The first-order valence-electron chi connectivity index (χ1n) is 10.6. The molecule has 2 unspecified atom stereocenters. The maximum atomic E-state index is 13.0. The fraction of sp³-hybridized carbons (Fsp3) is 0.391. The van der Waals surface area contributed by atoms with E-state index in [1.165, 1.54) is 0 Å². The van der Waals surface area contributed by atoms with Crippen LogP contribution in [0.25, 0.3) is 0 Å². The quantitative estimate of drug-likeness (QED) is 0.603. The van der Waals surface area contributed by atoms with Crippen LogP contribution in [0.2, 0.25) is 5.02 Å². The number of alkyl halides is 1. The molecule has 1 aromatic heterocycles. The molecule has 0 bridgehead atoms. The van der Waals surface area contributed by atoms with Crippen molar-refractivity contribution < 1.29 is 9.53 Å². The van der Waals surface area contributed by atoms with E-state index < -0.39 is 0 Å². The summed E-state index contributed by atoms with van der Waals surface area (Å²) >= 11 is 12.7. The minimum atomic E-state index is -0.386. The van der Waals surface area contributed by atoms with Crippen molar-refractivity contribution in [3.05, 3.63) is 52.8 Å². The number of benzene rings is 1. The Morgan fingerprint density at radius 1 is 1.24 bits per heavy atom. The summed E-state index contributed by atoms with van der Waals surface area (Å²) in [5.74, 6) is 0.646. The van der Waals surface area contributed by atoms with Crippen molar-refractivity contribution in [3.8, 4) is 11.8 Å². The maximum Gasteiger partial charge on any atom is 0.243 e. The van der Waals surface area contributed by atoms with E-state index in [1.807, 2.05) is 36.1 Å². The Bertz CT molecular complexity index is 1110. The molecular formula is C23H24Cl2N6O2. The number of ether oxygens (including phenoxy) is 1. The lowest BCUT2D eigenvalue weighted by Gasteiger charge is -2.37. The standard InChI is InChI=1S/C23H24Cl2N6O2/c1-15-22(25)23(16-5-6-27-17(11-16)13-26)28-31(15)14-21(32)30-9-7-29(8-10-30)18-3-4-19(24)20(12-18)33-2/h3-6,11-12,15,22H,7-10,14H2,1-2H3. The van der Waals surface area contributed by atoms with Gasteiger partial charge in [0.25, 0.3) is 0 Å². The molecule has 2 aliphatic heterocycles. The molecule has 172 valence electrons. The number of aromatic nitrogens is 1. The molecule has 0 radical (unpaired) electrons. The predicted molar refractivity (Wildman–Crippen MR) is 128 cm³/mol. The number of halogens is 2. The van der Waals surface area contributed by atoms with Crippen LogP contribution in [0.4, 0.5) is 5.69 Å².